The molecule has 1 heterocycles. The molecule has 2 aromatic rings. The molecule has 0 saturated heterocycles. The van der Waals surface area contributed by atoms with E-state index >= 15 is 0 Å². The Kier molecular flexibility index (Phi) is 5.29. The van der Waals surface area contributed by atoms with Crippen molar-refractivity contribution in [3.63, 3.8) is 0 Å². The minimum absolute atomic E-state index is 0.146. The predicted molar refractivity (Wildman–Crippen MR) is 91.4 cm³/mol. The van der Waals surface area contributed by atoms with Crippen LogP contribution in [0.2, 0.25) is 10.2 Å². The van der Waals surface area contributed by atoms with Gasteiger partial charge in [0.15, 0.2) is 5.75 Å². The Balaban J connectivity index is 2.43. The van der Waals surface area contributed by atoms with Gasteiger partial charge in [0.2, 0.25) is 0 Å². The van der Waals surface area contributed by atoms with E-state index in [9.17, 15) is 4.79 Å². The first-order chi connectivity index (χ1) is 9.88. The van der Waals surface area contributed by atoms with Crippen molar-refractivity contribution in [1.29, 1.82) is 0 Å². The van der Waals surface area contributed by atoms with Crippen molar-refractivity contribution in [3.8, 4) is 5.75 Å². The van der Waals surface area contributed by atoms with Crippen LogP contribution < -0.4 is 4.74 Å². The molecule has 2 rings (SSSR count). The lowest BCUT2D eigenvalue weighted by Gasteiger charge is -2.12. The maximum absolute atomic E-state index is 10.6. The minimum Gasteiger partial charge on any atom is -0.486 e. The molecule has 7 heteroatoms. The van der Waals surface area contributed by atoms with E-state index in [2.05, 4.69) is 27.6 Å². The molecule has 1 aromatic heterocycles. The first-order valence-electron chi connectivity index (χ1n) is 5.85. The normalized spacial score (nSPS) is 11.7. The maximum Gasteiger partial charge on any atom is 0.328 e. The third kappa shape index (κ3) is 3.99. The second-order valence-electron chi connectivity index (χ2n) is 4.32. The first kappa shape index (κ1) is 16.3. The molecule has 0 aliphatic rings. The van der Waals surface area contributed by atoms with Crippen LogP contribution in [0.5, 0.6) is 5.75 Å². The summed E-state index contributed by atoms with van der Waals surface area (Å²) in [5, 5.41) is 10.3. The van der Waals surface area contributed by atoms with Gasteiger partial charge in [0.25, 0.3) is 0 Å². The summed E-state index contributed by atoms with van der Waals surface area (Å²) in [6, 6.07) is 5.20. The van der Waals surface area contributed by atoms with Gasteiger partial charge < -0.3 is 9.84 Å². The standard InChI is InChI=1S/C14H10Cl2INO3/c1-7(4-12(19)20)6-21-14-10(17)5-9(15)8-2-3-11(16)18-13(8)14/h2-5H,6H2,1H3,(H,19,20)/b7-4-. The summed E-state index contributed by atoms with van der Waals surface area (Å²) in [7, 11) is 0. The zero-order valence-electron chi connectivity index (χ0n) is 10.9. The molecule has 1 N–H and O–H groups in total. The number of hydrogen-bond acceptors (Lipinski definition) is 3. The average Bonchev–Trinajstić information content (AvgIpc) is 2.37. The smallest absolute Gasteiger partial charge is 0.328 e. The second kappa shape index (κ2) is 6.81. The Morgan fingerprint density at radius 3 is 2.86 bits per heavy atom. The molecule has 0 aliphatic carbocycles. The number of nitrogens with zero attached hydrogens (tertiary/aromatic N) is 1. The summed E-state index contributed by atoms with van der Waals surface area (Å²) in [5.74, 6) is -0.469. The van der Waals surface area contributed by atoms with Crippen LogP contribution >= 0.6 is 45.8 Å². The quantitative estimate of drug-likeness (QED) is 0.433. The third-order valence-electron chi connectivity index (χ3n) is 2.62. The van der Waals surface area contributed by atoms with Gasteiger partial charge in [0.1, 0.15) is 17.3 Å². The lowest BCUT2D eigenvalue weighted by Crippen LogP contribution is -2.03. The molecule has 21 heavy (non-hydrogen) atoms. The van der Waals surface area contributed by atoms with Crippen molar-refractivity contribution >= 4 is 62.7 Å². The number of pyridine rings is 1. The topological polar surface area (TPSA) is 59.4 Å². The summed E-state index contributed by atoms with van der Waals surface area (Å²) in [6.45, 7) is 1.83. The lowest BCUT2D eigenvalue weighted by atomic mass is 10.2. The molecule has 0 fully saturated rings. The molecule has 4 nitrogen and oxygen atoms in total. The summed E-state index contributed by atoms with van der Waals surface area (Å²) in [4.78, 5) is 14.9. The fourth-order valence-electron chi connectivity index (χ4n) is 1.74. The van der Waals surface area contributed by atoms with Crippen molar-refractivity contribution in [3.05, 3.63) is 43.6 Å². The van der Waals surface area contributed by atoms with E-state index in [4.69, 9.17) is 33.0 Å². The Hall–Kier alpha value is -1.05. The number of carboxylic acids is 1. The van der Waals surface area contributed by atoms with Gasteiger partial charge >= 0.3 is 5.97 Å². The third-order valence-corrected chi connectivity index (χ3v) is 3.94. The monoisotopic (exact) mass is 437 g/mol. The highest BCUT2D eigenvalue weighted by Crippen LogP contribution is 2.35. The van der Waals surface area contributed by atoms with Gasteiger partial charge in [-0.15, -0.1) is 0 Å². The molecule has 1 aromatic carbocycles. The number of fused-ring (bicyclic) bond motifs is 1. The van der Waals surface area contributed by atoms with Gasteiger partial charge in [-0.1, -0.05) is 23.2 Å². The lowest BCUT2D eigenvalue weighted by molar-refractivity contribution is -0.131. The van der Waals surface area contributed by atoms with Gasteiger partial charge in [-0.2, -0.15) is 0 Å². The zero-order chi connectivity index (χ0) is 15.6. The number of rotatable bonds is 4. The van der Waals surface area contributed by atoms with Gasteiger partial charge in [-0.05, 0) is 53.3 Å². The van der Waals surface area contributed by atoms with E-state index in [0.717, 1.165) is 15.0 Å². The Morgan fingerprint density at radius 1 is 1.48 bits per heavy atom. The Bertz CT molecular complexity index is 747. The number of carboxylic acid groups (broad SMARTS) is 1. The summed E-state index contributed by atoms with van der Waals surface area (Å²) in [5.41, 5.74) is 1.14. The molecule has 0 saturated carbocycles. The first-order valence-corrected chi connectivity index (χ1v) is 7.69. The second-order valence-corrected chi connectivity index (χ2v) is 6.27. The number of benzene rings is 1. The van der Waals surface area contributed by atoms with Gasteiger partial charge in [0, 0.05) is 11.5 Å². The summed E-state index contributed by atoms with van der Waals surface area (Å²) in [6.07, 6.45) is 1.10. The summed E-state index contributed by atoms with van der Waals surface area (Å²) >= 11 is 14.2. The molecule has 0 amide bonds. The van der Waals surface area contributed by atoms with Crippen LogP contribution in [-0.4, -0.2) is 22.7 Å². The van der Waals surface area contributed by atoms with Crippen molar-refractivity contribution in [2.75, 3.05) is 6.61 Å². The number of aromatic nitrogens is 1. The van der Waals surface area contributed by atoms with E-state index in [1.54, 1.807) is 25.1 Å². The van der Waals surface area contributed by atoms with E-state index in [0.29, 0.717) is 27.0 Å². The van der Waals surface area contributed by atoms with Crippen LogP contribution in [0.25, 0.3) is 10.9 Å². The van der Waals surface area contributed by atoms with Crippen LogP contribution in [0, 0.1) is 3.57 Å². The zero-order valence-corrected chi connectivity index (χ0v) is 14.5. The van der Waals surface area contributed by atoms with Crippen LogP contribution in [0.4, 0.5) is 0 Å². The van der Waals surface area contributed by atoms with Gasteiger partial charge in [0.05, 0.1) is 8.59 Å². The van der Waals surface area contributed by atoms with Crippen molar-refractivity contribution in [1.82, 2.24) is 4.98 Å². The average molecular weight is 438 g/mol. The van der Waals surface area contributed by atoms with E-state index in [-0.39, 0.29) is 6.61 Å². The highest BCUT2D eigenvalue weighted by atomic mass is 127. The summed E-state index contributed by atoms with van der Waals surface area (Å²) < 4.78 is 6.48. The number of hydrogen-bond donors (Lipinski definition) is 1. The molecule has 0 bridgehead atoms. The maximum atomic E-state index is 10.6. The van der Waals surface area contributed by atoms with Crippen LogP contribution in [-0.2, 0) is 4.79 Å². The van der Waals surface area contributed by atoms with Crippen LogP contribution in [0.15, 0.2) is 29.8 Å². The van der Waals surface area contributed by atoms with Crippen LogP contribution in [0.1, 0.15) is 6.92 Å². The highest BCUT2D eigenvalue weighted by Gasteiger charge is 2.13. The molecular formula is C14H10Cl2INO3. The molecule has 0 atom stereocenters. The van der Waals surface area contributed by atoms with Gasteiger partial charge in [-0.25, -0.2) is 9.78 Å². The molecule has 0 aliphatic heterocycles. The number of carbonyl (C=O) groups is 1. The van der Waals surface area contributed by atoms with Crippen molar-refractivity contribution in [2.45, 2.75) is 6.92 Å². The highest BCUT2D eigenvalue weighted by molar-refractivity contribution is 14.1. The predicted octanol–water partition coefficient (Wildman–Crippen LogP) is 4.56. The van der Waals surface area contributed by atoms with E-state index in [1.807, 2.05) is 0 Å². The molecule has 0 spiro atoms. The minimum atomic E-state index is -1.01. The Morgan fingerprint density at radius 2 is 2.19 bits per heavy atom. The van der Waals surface area contributed by atoms with Gasteiger partial charge in [-0.3, -0.25) is 0 Å². The Labute approximate surface area is 144 Å². The number of aliphatic carboxylic acids is 1. The largest absolute Gasteiger partial charge is 0.486 e. The molecular weight excluding hydrogens is 428 g/mol. The van der Waals surface area contributed by atoms with Crippen molar-refractivity contribution in [2.24, 2.45) is 0 Å². The van der Waals surface area contributed by atoms with E-state index < -0.39 is 5.97 Å². The van der Waals surface area contributed by atoms with E-state index in [1.165, 1.54) is 0 Å². The fraction of sp³-hybridized carbons (Fsp3) is 0.143. The SMILES string of the molecule is C/C(=C/C(=O)O)COc1c(I)cc(Cl)c2ccc(Cl)nc12. The number of halogens is 3. The molecule has 0 radical (unpaired) electrons. The molecule has 0 unspecified atom stereocenters. The van der Waals surface area contributed by atoms with Crippen molar-refractivity contribution < 1.29 is 14.6 Å². The fourth-order valence-corrected chi connectivity index (χ4v) is 3.06. The molecule has 110 valence electrons. The number of ether oxygens (including phenoxy) is 1. The van der Waals surface area contributed by atoms with Crippen LogP contribution in [0.3, 0.4) is 0 Å².